The molecule has 2 aromatic carbocycles. The molecule has 0 saturated heterocycles. The van der Waals surface area contributed by atoms with Gasteiger partial charge in [-0.05, 0) is 49.7 Å². The molecule has 0 unspecified atom stereocenters. The second-order valence-corrected chi connectivity index (χ2v) is 5.77. The second-order valence-electron chi connectivity index (χ2n) is 5.33. The number of benzene rings is 2. The van der Waals surface area contributed by atoms with Crippen molar-refractivity contribution in [3.05, 3.63) is 76.4 Å². The third kappa shape index (κ3) is 3.27. The van der Waals surface area contributed by atoms with Gasteiger partial charge < -0.3 is 5.32 Å². The van der Waals surface area contributed by atoms with E-state index in [4.69, 9.17) is 11.6 Å². The molecule has 0 atom stereocenters. The fourth-order valence-corrected chi connectivity index (χ4v) is 2.49. The molecule has 3 aromatic rings. The van der Waals surface area contributed by atoms with E-state index in [0.717, 1.165) is 16.9 Å². The number of nitrogens with zero attached hydrogens (tertiary/aromatic N) is 2. The lowest BCUT2D eigenvalue weighted by Gasteiger charge is -2.11. The zero-order valence-electron chi connectivity index (χ0n) is 12.9. The van der Waals surface area contributed by atoms with Crippen LogP contribution in [0.1, 0.15) is 21.6 Å². The van der Waals surface area contributed by atoms with Crippen LogP contribution in [-0.4, -0.2) is 15.7 Å². The Labute approximate surface area is 139 Å². The number of hydrogen-bond acceptors (Lipinski definition) is 2. The van der Waals surface area contributed by atoms with Crippen LogP contribution in [0.15, 0.2) is 54.6 Å². The van der Waals surface area contributed by atoms with E-state index in [1.165, 1.54) is 0 Å². The van der Waals surface area contributed by atoms with Gasteiger partial charge in [-0.25, -0.2) is 4.68 Å². The van der Waals surface area contributed by atoms with Crippen molar-refractivity contribution in [1.29, 1.82) is 0 Å². The van der Waals surface area contributed by atoms with Crippen LogP contribution in [0.5, 0.6) is 0 Å². The molecule has 0 fully saturated rings. The Balaban J connectivity index is 1.94. The number of anilines is 1. The molecule has 0 aliphatic rings. The summed E-state index contributed by atoms with van der Waals surface area (Å²) in [6.45, 7) is 3.91. The zero-order valence-corrected chi connectivity index (χ0v) is 13.6. The number of amides is 1. The normalized spacial score (nSPS) is 10.6. The van der Waals surface area contributed by atoms with Crippen LogP contribution in [0, 0.1) is 13.8 Å². The van der Waals surface area contributed by atoms with Crippen LogP contribution in [0.2, 0.25) is 5.02 Å². The molecule has 0 saturated carbocycles. The monoisotopic (exact) mass is 325 g/mol. The molecule has 3 rings (SSSR count). The van der Waals surface area contributed by atoms with Crippen molar-refractivity contribution in [1.82, 2.24) is 9.78 Å². The Morgan fingerprint density at radius 2 is 1.78 bits per heavy atom. The quantitative estimate of drug-likeness (QED) is 0.776. The first-order chi connectivity index (χ1) is 11.0. The third-order valence-electron chi connectivity index (χ3n) is 3.52. The first kappa shape index (κ1) is 15.3. The van der Waals surface area contributed by atoms with E-state index in [9.17, 15) is 4.79 Å². The van der Waals surface area contributed by atoms with Crippen molar-refractivity contribution in [3.8, 4) is 5.69 Å². The predicted molar refractivity (Wildman–Crippen MR) is 92.4 cm³/mol. The van der Waals surface area contributed by atoms with Gasteiger partial charge in [0.05, 0.1) is 11.4 Å². The zero-order chi connectivity index (χ0) is 16.4. The van der Waals surface area contributed by atoms with Gasteiger partial charge in [-0.15, -0.1) is 0 Å². The van der Waals surface area contributed by atoms with Gasteiger partial charge in [0.2, 0.25) is 0 Å². The lowest BCUT2D eigenvalue weighted by atomic mass is 10.2. The Bertz CT molecular complexity index is 853. The number of rotatable bonds is 3. The van der Waals surface area contributed by atoms with Crippen molar-refractivity contribution >= 4 is 23.3 Å². The van der Waals surface area contributed by atoms with E-state index < -0.39 is 0 Å². The molecule has 0 aliphatic heterocycles. The van der Waals surface area contributed by atoms with E-state index in [-0.39, 0.29) is 5.91 Å². The van der Waals surface area contributed by atoms with Crippen molar-refractivity contribution in [2.45, 2.75) is 13.8 Å². The van der Waals surface area contributed by atoms with Gasteiger partial charge in [0.25, 0.3) is 5.91 Å². The summed E-state index contributed by atoms with van der Waals surface area (Å²) in [5.74, 6) is 0.438. The molecule has 1 amide bonds. The molecule has 0 aliphatic carbocycles. The van der Waals surface area contributed by atoms with Crippen LogP contribution in [0.25, 0.3) is 5.69 Å². The number of nitrogens with one attached hydrogen (secondary N) is 1. The van der Waals surface area contributed by atoms with Gasteiger partial charge in [-0.1, -0.05) is 29.8 Å². The van der Waals surface area contributed by atoms with Crippen molar-refractivity contribution in [3.63, 3.8) is 0 Å². The van der Waals surface area contributed by atoms with E-state index in [2.05, 4.69) is 10.4 Å². The largest absolute Gasteiger partial charge is 0.306 e. The Morgan fingerprint density at radius 1 is 1.09 bits per heavy atom. The molecule has 116 valence electrons. The molecular formula is C18H16ClN3O. The van der Waals surface area contributed by atoms with Crippen LogP contribution in [-0.2, 0) is 0 Å². The SMILES string of the molecule is Cc1cc(NC(=O)c2ccc(Cl)cc2)n(-c2ccccc2C)n1. The highest BCUT2D eigenvalue weighted by Gasteiger charge is 2.13. The van der Waals surface area contributed by atoms with Gasteiger partial charge in [0.1, 0.15) is 5.82 Å². The maximum absolute atomic E-state index is 12.4. The first-order valence-electron chi connectivity index (χ1n) is 7.24. The molecule has 23 heavy (non-hydrogen) atoms. The number of aryl methyl sites for hydroxylation is 2. The summed E-state index contributed by atoms with van der Waals surface area (Å²) in [7, 11) is 0. The average Bonchev–Trinajstić information content (AvgIpc) is 2.88. The minimum absolute atomic E-state index is 0.198. The Kier molecular flexibility index (Phi) is 4.17. The van der Waals surface area contributed by atoms with Crippen LogP contribution in [0.3, 0.4) is 0 Å². The summed E-state index contributed by atoms with van der Waals surface area (Å²) in [6.07, 6.45) is 0. The third-order valence-corrected chi connectivity index (χ3v) is 3.78. The molecule has 1 heterocycles. The molecule has 0 radical (unpaired) electrons. The van der Waals surface area contributed by atoms with Gasteiger partial charge >= 0.3 is 0 Å². The fourth-order valence-electron chi connectivity index (χ4n) is 2.36. The summed E-state index contributed by atoms with van der Waals surface area (Å²) in [4.78, 5) is 12.4. The van der Waals surface area contributed by atoms with Crippen LogP contribution in [0.4, 0.5) is 5.82 Å². The minimum atomic E-state index is -0.198. The van der Waals surface area contributed by atoms with E-state index in [1.807, 2.05) is 44.2 Å². The lowest BCUT2D eigenvalue weighted by Crippen LogP contribution is -2.15. The smallest absolute Gasteiger partial charge is 0.256 e. The first-order valence-corrected chi connectivity index (χ1v) is 7.62. The van der Waals surface area contributed by atoms with E-state index in [1.54, 1.807) is 28.9 Å². The second kappa shape index (κ2) is 6.26. The van der Waals surface area contributed by atoms with Crippen LogP contribution >= 0.6 is 11.6 Å². The summed E-state index contributed by atoms with van der Waals surface area (Å²) < 4.78 is 1.75. The predicted octanol–water partition coefficient (Wildman–Crippen LogP) is 4.39. The fraction of sp³-hybridized carbons (Fsp3) is 0.111. The molecule has 0 bridgehead atoms. The highest BCUT2D eigenvalue weighted by atomic mass is 35.5. The average molecular weight is 326 g/mol. The molecule has 4 nitrogen and oxygen atoms in total. The topological polar surface area (TPSA) is 46.9 Å². The van der Waals surface area contributed by atoms with Crippen molar-refractivity contribution in [2.24, 2.45) is 0 Å². The van der Waals surface area contributed by atoms with Gasteiger partial charge in [0.15, 0.2) is 0 Å². The van der Waals surface area contributed by atoms with Crippen molar-refractivity contribution in [2.75, 3.05) is 5.32 Å². The minimum Gasteiger partial charge on any atom is -0.306 e. The lowest BCUT2D eigenvalue weighted by molar-refractivity contribution is 0.102. The number of para-hydroxylation sites is 1. The highest BCUT2D eigenvalue weighted by molar-refractivity contribution is 6.30. The van der Waals surface area contributed by atoms with E-state index >= 15 is 0 Å². The molecule has 5 heteroatoms. The van der Waals surface area contributed by atoms with Crippen LogP contribution < -0.4 is 5.32 Å². The summed E-state index contributed by atoms with van der Waals surface area (Å²) in [5, 5.41) is 7.99. The Hall–Kier alpha value is -2.59. The Morgan fingerprint density at radius 3 is 2.48 bits per heavy atom. The maximum Gasteiger partial charge on any atom is 0.256 e. The maximum atomic E-state index is 12.4. The van der Waals surface area contributed by atoms with Gasteiger partial charge in [0, 0.05) is 16.7 Å². The number of halogens is 1. The number of aromatic nitrogens is 2. The van der Waals surface area contributed by atoms with E-state index in [0.29, 0.717) is 16.4 Å². The number of carbonyl (C=O) groups excluding carboxylic acids is 1. The number of carbonyl (C=O) groups is 1. The standard InChI is InChI=1S/C18H16ClN3O/c1-12-5-3-4-6-16(12)22-17(11-13(2)21-22)20-18(23)14-7-9-15(19)10-8-14/h3-11H,1-2H3,(H,20,23). The summed E-state index contributed by atoms with van der Waals surface area (Å²) in [6, 6.07) is 16.5. The molecule has 1 N–H and O–H groups in total. The van der Waals surface area contributed by atoms with Gasteiger partial charge in [-0.2, -0.15) is 5.10 Å². The highest BCUT2D eigenvalue weighted by Crippen LogP contribution is 2.21. The summed E-state index contributed by atoms with van der Waals surface area (Å²) >= 11 is 5.86. The molecular weight excluding hydrogens is 310 g/mol. The van der Waals surface area contributed by atoms with Crippen molar-refractivity contribution < 1.29 is 4.79 Å². The molecule has 0 spiro atoms. The summed E-state index contributed by atoms with van der Waals surface area (Å²) in [5.41, 5.74) is 3.40. The number of hydrogen-bond donors (Lipinski definition) is 1. The molecule has 1 aromatic heterocycles. The van der Waals surface area contributed by atoms with Gasteiger partial charge in [-0.3, -0.25) is 4.79 Å².